The Bertz CT molecular complexity index is 1190. The van der Waals surface area contributed by atoms with Crippen molar-refractivity contribution < 1.29 is 14.3 Å². The predicted molar refractivity (Wildman–Crippen MR) is 116 cm³/mol. The first-order valence-corrected chi connectivity index (χ1v) is 10.4. The van der Waals surface area contributed by atoms with Crippen LogP contribution in [0.4, 0.5) is 0 Å². The number of carbonyl (C=O) groups excluding carboxylic acids is 1. The first-order valence-electron chi connectivity index (χ1n) is 10.4. The smallest absolute Gasteiger partial charge is 0.338 e. The molecule has 3 rings (SSSR count). The van der Waals surface area contributed by atoms with Crippen molar-refractivity contribution in [1.29, 1.82) is 0 Å². The Morgan fingerprint density at radius 3 is 2.74 bits per heavy atom. The van der Waals surface area contributed by atoms with Gasteiger partial charge >= 0.3 is 11.7 Å². The van der Waals surface area contributed by atoms with Gasteiger partial charge in [-0.15, -0.1) is 0 Å². The molecule has 3 aromatic rings. The molecule has 0 atom stereocenters. The average molecular weight is 428 g/mol. The molecule has 2 aromatic heterocycles. The Balaban J connectivity index is 1.81. The Labute approximate surface area is 179 Å². The van der Waals surface area contributed by atoms with E-state index in [1.165, 1.54) is 4.57 Å². The van der Waals surface area contributed by atoms with Gasteiger partial charge in [-0.25, -0.2) is 14.6 Å². The molecule has 0 radical (unpaired) electrons. The zero-order valence-corrected chi connectivity index (χ0v) is 18.3. The summed E-state index contributed by atoms with van der Waals surface area (Å²) in [5.74, 6) is 0.805. The topological polar surface area (TPSA) is 108 Å². The number of aryl methyl sites for hydroxylation is 2. The number of aromatic nitrogens is 4. The summed E-state index contributed by atoms with van der Waals surface area (Å²) in [6.07, 6.45) is 1.67. The molecule has 1 N–H and O–H groups in total. The second kappa shape index (κ2) is 9.63. The molecule has 0 unspecified atom stereocenters. The number of hydrogen-bond donors (Lipinski definition) is 1. The van der Waals surface area contributed by atoms with Crippen molar-refractivity contribution in [3.63, 3.8) is 0 Å². The normalized spacial score (nSPS) is 11.3. The molecule has 2 heterocycles. The first-order chi connectivity index (χ1) is 14.8. The maximum absolute atomic E-state index is 12.5. The monoisotopic (exact) mass is 428 g/mol. The number of ether oxygens (including phenoxy) is 2. The van der Waals surface area contributed by atoms with Crippen LogP contribution in [0.1, 0.15) is 49.8 Å². The number of rotatable bonds is 9. The fraction of sp³-hybridized carbons (Fsp3) is 0.455. The molecule has 0 bridgehead atoms. The van der Waals surface area contributed by atoms with Gasteiger partial charge in [0.05, 0.1) is 12.2 Å². The van der Waals surface area contributed by atoms with Crippen LogP contribution in [0.2, 0.25) is 0 Å². The molecule has 9 nitrogen and oxygen atoms in total. The minimum absolute atomic E-state index is 0.136. The highest BCUT2D eigenvalue weighted by Crippen LogP contribution is 2.16. The Hall–Kier alpha value is -3.36. The number of imidazole rings is 1. The van der Waals surface area contributed by atoms with Crippen molar-refractivity contribution >= 4 is 17.1 Å². The molecule has 0 aliphatic carbocycles. The summed E-state index contributed by atoms with van der Waals surface area (Å²) >= 11 is 0. The van der Waals surface area contributed by atoms with Crippen LogP contribution < -0.4 is 16.0 Å². The van der Waals surface area contributed by atoms with Gasteiger partial charge in [-0.1, -0.05) is 33.3 Å². The van der Waals surface area contributed by atoms with Crippen LogP contribution in [-0.2, 0) is 24.9 Å². The van der Waals surface area contributed by atoms with Gasteiger partial charge in [-0.3, -0.25) is 14.3 Å². The number of nitrogens with one attached hydrogen (secondary N) is 1. The summed E-state index contributed by atoms with van der Waals surface area (Å²) in [5, 5.41) is 0. The second-order valence-corrected chi connectivity index (χ2v) is 7.83. The van der Waals surface area contributed by atoms with E-state index >= 15 is 0 Å². The summed E-state index contributed by atoms with van der Waals surface area (Å²) in [6.45, 7) is 6.96. The van der Waals surface area contributed by atoms with Crippen molar-refractivity contribution in [3.05, 3.63) is 56.5 Å². The molecule has 166 valence electrons. The lowest BCUT2D eigenvalue weighted by atomic mass is 10.2. The number of fused-ring (bicyclic) bond motifs is 1. The van der Waals surface area contributed by atoms with Gasteiger partial charge in [0, 0.05) is 13.6 Å². The van der Waals surface area contributed by atoms with Crippen LogP contribution in [0.25, 0.3) is 11.2 Å². The van der Waals surface area contributed by atoms with E-state index < -0.39 is 17.2 Å². The van der Waals surface area contributed by atoms with Gasteiger partial charge in [0.2, 0.25) is 0 Å². The van der Waals surface area contributed by atoms with Crippen LogP contribution in [0, 0.1) is 5.92 Å². The van der Waals surface area contributed by atoms with Gasteiger partial charge < -0.3 is 14.0 Å². The van der Waals surface area contributed by atoms with E-state index in [1.54, 1.807) is 35.9 Å². The predicted octanol–water partition coefficient (Wildman–Crippen LogP) is 2.62. The molecule has 0 fully saturated rings. The largest absolute Gasteiger partial charge is 0.493 e. The number of unbranched alkanes of at least 4 members (excludes halogenated alkanes) is 1. The van der Waals surface area contributed by atoms with Crippen LogP contribution in [0.3, 0.4) is 0 Å². The minimum atomic E-state index is -0.528. The maximum Gasteiger partial charge on any atom is 0.338 e. The number of nitrogens with zero attached hydrogens (tertiary/aromatic N) is 3. The van der Waals surface area contributed by atoms with Crippen molar-refractivity contribution in [2.75, 3.05) is 6.61 Å². The van der Waals surface area contributed by atoms with Gasteiger partial charge in [0.15, 0.2) is 11.2 Å². The molecule has 0 amide bonds. The van der Waals surface area contributed by atoms with Gasteiger partial charge in [-0.2, -0.15) is 0 Å². The maximum atomic E-state index is 12.5. The third-order valence-corrected chi connectivity index (χ3v) is 4.83. The summed E-state index contributed by atoms with van der Waals surface area (Å²) < 4.78 is 14.1. The molecule has 1 aromatic carbocycles. The van der Waals surface area contributed by atoms with E-state index in [4.69, 9.17) is 9.47 Å². The van der Waals surface area contributed by atoms with E-state index in [0.717, 1.165) is 12.8 Å². The molecule has 0 aliphatic heterocycles. The summed E-state index contributed by atoms with van der Waals surface area (Å²) in [6, 6.07) is 6.79. The van der Waals surface area contributed by atoms with Gasteiger partial charge in [0.25, 0.3) is 5.56 Å². The number of hydrogen-bond acceptors (Lipinski definition) is 6. The second-order valence-electron chi connectivity index (χ2n) is 7.83. The van der Waals surface area contributed by atoms with Crippen molar-refractivity contribution in [2.45, 2.75) is 46.8 Å². The van der Waals surface area contributed by atoms with Crippen molar-refractivity contribution in [3.8, 4) is 5.75 Å². The van der Waals surface area contributed by atoms with Gasteiger partial charge in [-0.05, 0) is 30.5 Å². The third kappa shape index (κ3) is 5.04. The Morgan fingerprint density at radius 2 is 2.03 bits per heavy atom. The van der Waals surface area contributed by atoms with Crippen molar-refractivity contribution in [1.82, 2.24) is 19.1 Å². The molecule has 0 spiro atoms. The lowest BCUT2D eigenvalue weighted by Gasteiger charge is -2.10. The van der Waals surface area contributed by atoms with E-state index in [2.05, 4.69) is 9.97 Å². The highest BCUT2D eigenvalue weighted by molar-refractivity contribution is 5.89. The Morgan fingerprint density at radius 1 is 1.26 bits per heavy atom. The van der Waals surface area contributed by atoms with E-state index in [1.807, 2.05) is 20.8 Å². The SMILES string of the molecule is CCCCn1c(=O)[nH]c(=O)c2c1nc(COC(=O)c1cccc(OCC(C)C)c1)n2C. The minimum Gasteiger partial charge on any atom is -0.493 e. The van der Waals surface area contributed by atoms with Crippen LogP contribution in [0.15, 0.2) is 33.9 Å². The third-order valence-electron chi connectivity index (χ3n) is 4.83. The molecule has 0 saturated heterocycles. The number of esters is 1. The number of benzene rings is 1. The van der Waals surface area contributed by atoms with Crippen LogP contribution >= 0.6 is 0 Å². The lowest BCUT2D eigenvalue weighted by Crippen LogP contribution is -2.31. The van der Waals surface area contributed by atoms with Crippen molar-refractivity contribution in [2.24, 2.45) is 13.0 Å². The highest BCUT2D eigenvalue weighted by atomic mass is 16.5. The molecular formula is C22H28N4O5. The van der Waals surface area contributed by atoms with E-state index in [0.29, 0.717) is 41.9 Å². The molecular weight excluding hydrogens is 400 g/mol. The molecule has 0 saturated carbocycles. The molecule has 9 heteroatoms. The first kappa shape index (κ1) is 22.3. The molecule has 0 aliphatic rings. The Kier molecular flexibility index (Phi) is 6.94. The van der Waals surface area contributed by atoms with Crippen LogP contribution in [-0.4, -0.2) is 31.7 Å². The molecule has 31 heavy (non-hydrogen) atoms. The fourth-order valence-corrected chi connectivity index (χ4v) is 3.13. The zero-order chi connectivity index (χ0) is 22.5. The lowest BCUT2D eigenvalue weighted by molar-refractivity contribution is 0.0459. The standard InChI is InChI=1S/C22H28N4O5/c1-5-6-10-26-19-18(20(27)24-22(26)29)25(4)17(23-19)13-31-21(28)15-8-7-9-16(11-15)30-12-14(2)3/h7-9,11,14H,5-6,10,12-13H2,1-4H3,(H,24,27,29). The highest BCUT2D eigenvalue weighted by Gasteiger charge is 2.18. The van der Waals surface area contributed by atoms with Gasteiger partial charge in [0.1, 0.15) is 18.2 Å². The van der Waals surface area contributed by atoms with E-state index in [-0.39, 0.29) is 12.1 Å². The summed E-state index contributed by atoms with van der Waals surface area (Å²) in [4.78, 5) is 43.8. The summed E-state index contributed by atoms with van der Waals surface area (Å²) in [7, 11) is 1.66. The number of H-pyrrole nitrogens is 1. The zero-order valence-electron chi connectivity index (χ0n) is 18.3. The fourth-order valence-electron chi connectivity index (χ4n) is 3.13. The summed E-state index contributed by atoms with van der Waals surface area (Å²) in [5.41, 5.74) is -0.0930. The van der Waals surface area contributed by atoms with Crippen LogP contribution in [0.5, 0.6) is 5.75 Å². The number of carbonyl (C=O) groups is 1. The quantitative estimate of drug-likeness (QED) is 0.525. The number of aromatic amines is 1. The average Bonchev–Trinajstić information content (AvgIpc) is 3.07. The van der Waals surface area contributed by atoms with E-state index in [9.17, 15) is 14.4 Å².